The Balaban J connectivity index is 2.03. The van der Waals surface area contributed by atoms with Crippen LogP contribution in [0, 0.1) is 0 Å². The van der Waals surface area contributed by atoms with E-state index in [1.807, 2.05) is 25.1 Å². The molecule has 138 valence electrons. The monoisotopic (exact) mass is 376 g/mol. The van der Waals surface area contributed by atoms with Crippen LogP contribution in [0.5, 0.6) is 11.5 Å². The molecule has 2 rings (SSSR count). The standard InChI is InChI=1S/C18H20N2O5S/c1-3-5-13-8-9-16(17(10-13)24-2)25-12-18(21)20-14-6-4-7-15(11-14)26(19,22)23/h3-11H,12H2,1-2H3,(H,20,21)(H2,19,22,23)/b5-3+. The lowest BCUT2D eigenvalue weighted by Gasteiger charge is -2.12. The number of ether oxygens (including phenoxy) is 2. The fourth-order valence-corrected chi connectivity index (χ4v) is 2.75. The van der Waals surface area contributed by atoms with E-state index in [0.29, 0.717) is 17.2 Å². The third-order valence-electron chi connectivity index (χ3n) is 3.35. The number of methoxy groups -OCH3 is 1. The van der Waals surface area contributed by atoms with Crippen LogP contribution in [0.4, 0.5) is 5.69 Å². The molecule has 2 aromatic carbocycles. The third-order valence-corrected chi connectivity index (χ3v) is 4.26. The van der Waals surface area contributed by atoms with E-state index in [1.54, 1.807) is 18.2 Å². The summed E-state index contributed by atoms with van der Waals surface area (Å²) < 4.78 is 33.4. The number of nitrogens with two attached hydrogens (primary N) is 1. The van der Waals surface area contributed by atoms with Crippen LogP contribution in [0.15, 0.2) is 53.4 Å². The van der Waals surface area contributed by atoms with Crippen LogP contribution >= 0.6 is 0 Å². The summed E-state index contributed by atoms with van der Waals surface area (Å²) in [5.74, 6) is 0.481. The highest BCUT2D eigenvalue weighted by molar-refractivity contribution is 7.89. The predicted molar refractivity (Wildman–Crippen MR) is 99.6 cm³/mol. The number of primary sulfonamides is 1. The molecule has 3 N–H and O–H groups in total. The van der Waals surface area contributed by atoms with Crippen LogP contribution in [0.3, 0.4) is 0 Å². The van der Waals surface area contributed by atoms with Crippen LogP contribution in [-0.2, 0) is 14.8 Å². The van der Waals surface area contributed by atoms with Gasteiger partial charge >= 0.3 is 0 Å². The quantitative estimate of drug-likeness (QED) is 0.771. The first-order valence-electron chi connectivity index (χ1n) is 7.69. The number of allylic oxidation sites excluding steroid dienone is 1. The van der Waals surface area contributed by atoms with Gasteiger partial charge in [0, 0.05) is 5.69 Å². The van der Waals surface area contributed by atoms with Gasteiger partial charge in [-0.2, -0.15) is 0 Å². The summed E-state index contributed by atoms with van der Waals surface area (Å²) in [6.07, 6.45) is 3.82. The number of sulfonamides is 1. The summed E-state index contributed by atoms with van der Waals surface area (Å²) in [6, 6.07) is 11.0. The van der Waals surface area contributed by atoms with Crippen molar-refractivity contribution in [3.05, 3.63) is 54.1 Å². The van der Waals surface area contributed by atoms with E-state index in [9.17, 15) is 13.2 Å². The number of amides is 1. The maximum atomic E-state index is 12.0. The molecule has 0 aliphatic heterocycles. The van der Waals surface area contributed by atoms with Crippen LogP contribution in [0.25, 0.3) is 6.08 Å². The Kier molecular flexibility index (Phi) is 6.37. The van der Waals surface area contributed by atoms with E-state index in [2.05, 4.69) is 5.32 Å². The first-order chi connectivity index (χ1) is 12.3. The Morgan fingerprint density at radius 3 is 2.62 bits per heavy atom. The van der Waals surface area contributed by atoms with Crippen molar-refractivity contribution >= 4 is 27.7 Å². The van der Waals surface area contributed by atoms with E-state index in [0.717, 1.165) is 5.56 Å². The average Bonchev–Trinajstić information content (AvgIpc) is 2.60. The lowest BCUT2D eigenvalue weighted by molar-refractivity contribution is -0.118. The second-order valence-electron chi connectivity index (χ2n) is 5.32. The summed E-state index contributed by atoms with van der Waals surface area (Å²) in [4.78, 5) is 12.0. The molecule has 2 aromatic rings. The van der Waals surface area contributed by atoms with Crippen molar-refractivity contribution in [2.24, 2.45) is 5.14 Å². The first-order valence-corrected chi connectivity index (χ1v) is 9.24. The van der Waals surface area contributed by atoms with Gasteiger partial charge in [0.2, 0.25) is 10.0 Å². The van der Waals surface area contributed by atoms with Crippen molar-refractivity contribution in [3.8, 4) is 11.5 Å². The van der Waals surface area contributed by atoms with Gasteiger partial charge in [0.25, 0.3) is 5.91 Å². The number of benzene rings is 2. The molecule has 0 unspecified atom stereocenters. The molecule has 0 saturated carbocycles. The Hall–Kier alpha value is -2.84. The Morgan fingerprint density at radius 1 is 1.19 bits per heavy atom. The molecule has 0 heterocycles. The minimum Gasteiger partial charge on any atom is -0.493 e. The summed E-state index contributed by atoms with van der Waals surface area (Å²) >= 11 is 0. The third kappa shape index (κ3) is 5.33. The van der Waals surface area contributed by atoms with E-state index < -0.39 is 15.9 Å². The van der Waals surface area contributed by atoms with Gasteiger partial charge in [-0.1, -0.05) is 24.3 Å². The van der Waals surface area contributed by atoms with Crippen LogP contribution in [0.2, 0.25) is 0 Å². The lowest BCUT2D eigenvalue weighted by atomic mass is 10.2. The van der Waals surface area contributed by atoms with Gasteiger partial charge in [0.05, 0.1) is 12.0 Å². The lowest BCUT2D eigenvalue weighted by Crippen LogP contribution is -2.20. The molecular formula is C18H20N2O5S. The summed E-state index contributed by atoms with van der Waals surface area (Å²) in [6.45, 7) is 1.64. The Bertz CT molecular complexity index is 923. The number of carbonyl (C=O) groups is 1. The molecule has 0 fully saturated rings. The predicted octanol–water partition coefficient (Wildman–Crippen LogP) is 2.39. The van der Waals surface area contributed by atoms with Crippen LogP contribution in [-0.4, -0.2) is 28.0 Å². The van der Waals surface area contributed by atoms with E-state index in [1.165, 1.54) is 25.3 Å². The number of nitrogens with one attached hydrogen (secondary N) is 1. The van der Waals surface area contributed by atoms with Crippen molar-refractivity contribution in [2.75, 3.05) is 19.0 Å². The normalized spacial score (nSPS) is 11.3. The minimum atomic E-state index is -3.84. The fourth-order valence-electron chi connectivity index (χ4n) is 2.19. The second-order valence-corrected chi connectivity index (χ2v) is 6.88. The summed E-state index contributed by atoms with van der Waals surface area (Å²) in [5.41, 5.74) is 1.25. The van der Waals surface area contributed by atoms with Gasteiger partial charge < -0.3 is 14.8 Å². The van der Waals surface area contributed by atoms with E-state index >= 15 is 0 Å². The zero-order chi connectivity index (χ0) is 19.2. The summed E-state index contributed by atoms with van der Waals surface area (Å²) in [7, 11) is -2.32. The second kappa shape index (κ2) is 8.50. The average molecular weight is 376 g/mol. The molecule has 8 heteroatoms. The first kappa shape index (κ1) is 19.5. The highest BCUT2D eigenvalue weighted by Gasteiger charge is 2.11. The molecule has 1 amide bonds. The van der Waals surface area contributed by atoms with E-state index in [4.69, 9.17) is 14.6 Å². The van der Waals surface area contributed by atoms with Gasteiger partial charge in [-0.15, -0.1) is 0 Å². The molecule has 7 nitrogen and oxygen atoms in total. The molecule has 0 spiro atoms. The molecule has 0 saturated heterocycles. The number of hydrogen-bond acceptors (Lipinski definition) is 5. The number of rotatable bonds is 7. The smallest absolute Gasteiger partial charge is 0.262 e. The van der Waals surface area contributed by atoms with Gasteiger partial charge in [-0.05, 0) is 42.8 Å². The molecule has 0 aliphatic rings. The zero-order valence-corrected chi connectivity index (χ0v) is 15.2. The molecule has 0 bridgehead atoms. The zero-order valence-electron chi connectivity index (χ0n) is 14.4. The van der Waals surface area contributed by atoms with Crippen molar-refractivity contribution < 1.29 is 22.7 Å². The molecule has 26 heavy (non-hydrogen) atoms. The molecular weight excluding hydrogens is 356 g/mol. The minimum absolute atomic E-state index is 0.0857. The number of anilines is 1. The van der Waals surface area contributed by atoms with E-state index in [-0.39, 0.29) is 11.5 Å². The largest absolute Gasteiger partial charge is 0.493 e. The highest BCUT2D eigenvalue weighted by atomic mass is 32.2. The molecule has 0 aliphatic carbocycles. The maximum Gasteiger partial charge on any atom is 0.262 e. The van der Waals surface area contributed by atoms with Gasteiger partial charge in [-0.25, -0.2) is 13.6 Å². The Labute approximate surface area is 152 Å². The summed E-state index contributed by atoms with van der Waals surface area (Å²) in [5, 5.41) is 7.63. The number of hydrogen-bond donors (Lipinski definition) is 2. The van der Waals surface area contributed by atoms with Crippen molar-refractivity contribution in [1.29, 1.82) is 0 Å². The number of carbonyl (C=O) groups excluding carboxylic acids is 1. The van der Waals surface area contributed by atoms with Crippen LogP contribution in [0.1, 0.15) is 12.5 Å². The van der Waals surface area contributed by atoms with Gasteiger partial charge in [0.1, 0.15) is 0 Å². The topological polar surface area (TPSA) is 108 Å². The van der Waals surface area contributed by atoms with Crippen molar-refractivity contribution in [3.63, 3.8) is 0 Å². The SMILES string of the molecule is C/C=C/c1ccc(OCC(=O)Nc2cccc(S(N)(=O)=O)c2)c(OC)c1. The van der Waals surface area contributed by atoms with Gasteiger partial charge in [0.15, 0.2) is 18.1 Å². The molecule has 0 atom stereocenters. The van der Waals surface area contributed by atoms with Crippen molar-refractivity contribution in [1.82, 2.24) is 0 Å². The van der Waals surface area contributed by atoms with Crippen LogP contribution < -0.4 is 19.9 Å². The Morgan fingerprint density at radius 2 is 1.96 bits per heavy atom. The van der Waals surface area contributed by atoms with Crippen molar-refractivity contribution in [2.45, 2.75) is 11.8 Å². The molecule has 0 radical (unpaired) electrons. The molecule has 0 aromatic heterocycles. The fraction of sp³-hybridized carbons (Fsp3) is 0.167. The highest BCUT2D eigenvalue weighted by Crippen LogP contribution is 2.28. The maximum absolute atomic E-state index is 12.0. The van der Waals surface area contributed by atoms with Gasteiger partial charge in [-0.3, -0.25) is 4.79 Å².